The van der Waals surface area contributed by atoms with Gasteiger partial charge in [-0.15, -0.1) is 11.8 Å². The Balaban J connectivity index is 1.66. The molecule has 1 aliphatic carbocycles. The molecule has 1 aromatic carbocycles. The van der Waals surface area contributed by atoms with Gasteiger partial charge in [0.1, 0.15) is 0 Å². The van der Waals surface area contributed by atoms with Crippen molar-refractivity contribution in [2.24, 2.45) is 5.41 Å². The van der Waals surface area contributed by atoms with Crippen LogP contribution in [-0.2, 0) is 0 Å². The van der Waals surface area contributed by atoms with E-state index in [0.29, 0.717) is 5.41 Å². The van der Waals surface area contributed by atoms with E-state index >= 15 is 0 Å². The molecule has 2 unspecified atom stereocenters. The van der Waals surface area contributed by atoms with E-state index in [2.05, 4.69) is 55.2 Å². The molecule has 0 spiro atoms. The number of fused-ring (bicyclic) bond motifs is 1. The second-order valence-electron chi connectivity index (χ2n) is 6.97. The Hall–Kier alpha value is -0.470. The van der Waals surface area contributed by atoms with Crippen LogP contribution in [0.15, 0.2) is 29.2 Å². The highest BCUT2D eigenvalue weighted by Gasteiger charge is 2.33. The molecule has 1 aromatic rings. The summed E-state index contributed by atoms with van der Waals surface area (Å²) in [5.41, 5.74) is 2.06. The zero-order valence-corrected chi connectivity index (χ0v) is 13.6. The molecular weight excluding hydrogens is 262 g/mol. The van der Waals surface area contributed by atoms with Gasteiger partial charge in [-0.3, -0.25) is 0 Å². The normalized spacial score (nSPS) is 24.4. The smallest absolute Gasteiger partial charge is 0.0107 e. The molecule has 2 atom stereocenters. The van der Waals surface area contributed by atoms with Crippen LogP contribution in [-0.4, -0.2) is 18.3 Å². The number of thioether (sulfide) groups is 1. The van der Waals surface area contributed by atoms with Gasteiger partial charge >= 0.3 is 0 Å². The predicted octanol–water partition coefficient (Wildman–Crippen LogP) is 4.82. The molecule has 0 bridgehead atoms. The Morgan fingerprint density at radius 2 is 2.10 bits per heavy atom. The van der Waals surface area contributed by atoms with Crippen LogP contribution in [0.4, 0.5) is 0 Å². The molecule has 1 aliphatic heterocycles. The van der Waals surface area contributed by atoms with Gasteiger partial charge in [-0.05, 0) is 48.6 Å². The van der Waals surface area contributed by atoms with Gasteiger partial charge in [-0.25, -0.2) is 0 Å². The highest BCUT2D eigenvalue weighted by molar-refractivity contribution is 7.99. The van der Waals surface area contributed by atoms with Crippen molar-refractivity contribution in [3.05, 3.63) is 29.8 Å². The fraction of sp³-hybridized carbons (Fsp3) is 0.667. The summed E-state index contributed by atoms with van der Waals surface area (Å²) in [5, 5.41) is 3.77. The van der Waals surface area contributed by atoms with E-state index in [1.165, 1.54) is 49.3 Å². The van der Waals surface area contributed by atoms with Crippen molar-refractivity contribution < 1.29 is 0 Å². The summed E-state index contributed by atoms with van der Waals surface area (Å²) in [6, 6.07) is 9.85. The van der Waals surface area contributed by atoms with Gasteiger partial charge in [0.2, 0.25) is 0 Å². The van der Waals surface area contributed by atoms with Crippen LogP contribution in [0.2, 0.25) is 0 Å². The second-order valence-corrected chi connectivity index (χ2v) is 8.03. The van der Waals surface area contributed by atoms with Crippen LogP contribution >= 0.6 is 11.8 Å². The van der Waals surface area contributed by atoms with E-state index in [-0.39, 0.29) is 0 Å². The largest absolute Gasteiger partial charge is 0.313 e. The number of nitrogens with one attached hydrogen (secondary N) is 1. The van der Waals surface area contributed by atoms with Crippen LogP contribution < -0.4 is 5.32 Å². The first-order valence-corrected chi connectivity index (χ1v) is 9.14. The van der Waals surface area contributed by atoms with Crippen LogP contribution in [0, 0.1) is 5.41 Å². The monoisotopic (exact) mass is 289 g/mol. The fourth-order valence-electron chi connectivity index (χ4n) is 3.54. The third kappa shape index (κ3) is 3.40. The number of hydrogen-bond donors (Lipinski definition) is 1. The summed E-state index contributed by atoms with van der Waals surface area (Å²) >= 11 is 2.05. The summed E-state index contributed by atoms with van der Waals surface area (Å²) in [6.45, 7) is 6.03. The van der Waals surface area contributed by atoms with Crippen LogP contribution in [0.3, 0.4) is 0 Å². The van der Waals surface area contributed by atoms with Gasteiger partial charge in [0.05, 0.1) is 0 Å². The number of hydrogen-bond acceptors (Lipinski definition) is 2. The Kier molecular flexibility index (Phi) is 4.42. The third-order valence-electron chi connectivity index (χ3n) is 4.79. The molecule has 0 radical (unpaired) electrons. The van der Waals surface area contributed by atoms with Crippen molar-refractivity contribution in [1.82, 2.24) is 5.32 Å². The minimum atomic E-state index is 0.458. The Labute approximate surface area is 127 Å². The maximum Gasteiger partial charge on any atom is 0.0107 e. The summed E-state index contributed by atoms with van der Waals surface area (Å²) in [4.78, 5) is 1.52. The van der Waals surface area contributed by atoms with E-state index in [9.17, 15) is 0 Å². The third-order valence-corrected chi connectivity index (χ3v) is 6.04. The summed E-state index contributed by atoms with van der Waals surface area (Å²) < 4.78 is 0. The van der Waals surface area contributed by atoms with Gasteiger partial charge < -0.3 is 5.32 Å². The van der Waals surface area contributed by atoms with E-state index < -0.39 is 0 Å². The highest BCUT2D eigenvalue weighted by Crippen LogP contribution is 2.46. The van der Waals surface area contributed by atoms with Crippen molar-refractivity contribution in [3.63, 3.8) is 0 Å². The fourth-order valence-corrected chi connectivity index (χ4v) is 4.79. The maximum atomic E-state index is 3.77. The van der Waals surface area contributed by atoms with E-state index in [0.717, 1.165) is 12.0 Å². The van der Waals surface area contributed by atoms with Gasteiger partial charge in [-0.1, -0.05) is 38.5 Å². The minimum absolute atomic E-state index is 0.458. The molecule has 0 amide bonds. The lowest BCUT2D eigenvalue weighted by molar-refractivity contribution is 0.240. The lowest BCUT2D eigenvalue weighted by Gasteiger charge is -2.32. The second kappa shape index (κ2) is 6.11. The lowest BCUT2D eigenvalue weighted by Crippen LogP contribution is -2.34. The number of benzene rings is 1. The zero-order valence-electron chi connectivity index (χ0n) is 12.8. The van der Waals surface area contributed by atoms with Gasteiger partial charge in [0.25, 0.3) is 0 Å². The molecule has 20 heavy (non-hydrogen) atoms. The van der Waals surface area contributed by atoms with Crippen molar-refractivity contribution in [2.75, 3.05) is 12.3 Å². The summed E-state index contributed by atoms with van der Waals surface area (Å²) in [7, 11) is 0. The van der Waals surface area contributed by atoms with Gasteiger partial charge in [0.15, 0.2) is 0 Å². The molecule has 1 heterocycles. The summed E-state index contributed by atoms with van der Waals surface area (Å²) in [6.07, 6.45) is 6.76. The van der Waals surface area contributed by atoms with Crippen molar-refractivity contribution in [2.45, 2.75) is 62.8 Å². The first-order valence-electron chi connectivity index (χ1n) is 8.15. The molecular formula is C18H27NS. The first kappa shape index (κ1) is 14.5. The quantitative estimate of drug-likeness (QED) is 0.772. The Morgan fingerprint density at radius 1 is 1.30 bits per heavy atom. The van der Waals surface area contributed by atoms with E-state index in [4.69, 9.17) is 0 Å². The number of rotatable bonds is 7. The van der Waals surface area contributed by atoms with E-state index in [1.54, 1.807) is 5.56 Å². The molecule has 0 aromatic heterocycles. The average molecular weight is 289 g/mol. The SMILES string of the molecule is CCCC(C)(CNC1CC1)CC1CSc2ccccc21. The highest BCUT2D eigenvalue weighted by atomic mass is 32.2. The van der Waals surface area contributed by atoms with Crippen molar-refractivity contribution in [3.8, 4) is 0 Å². The molecule has 2 heteroatoms. The molecule has 1 saturated carbocycles. The Morgan fingerprint density at radius 3 is 2.85 bits per heavy atom. The van der Waals surface area contributed by atoms with Crippen molar-refractivity contribution >= 4 is 11.8 Å². The average Bonchev–Trinajstić information content (AvgIpc) is 3.20. The topological polar surface area (TPSA) is 12.0 Å². The molecule has 1 nitrogen and oxygen atoms in total. The molecule has 3 rings (SSSR count). The van der Waals surface area contributed by atoms with Crippen LogP contribution in [0.5, 0.6) is 0 Å². The zero-order chi connectivity index (χ0) is 14.0. The standard InChI is InChI=1S/C18H27NS/c1-3-10-18(2,13-19-15-8-9-15)11-14-12-20-17-7-5-4-6-16(14)17/h4-7,14-15,19H,3,8-13H2,1-2H3. The van der Waals surface area contributed by atoms with Crippen LogP contribution in [0.25, 0.3) is 0 Å². The molecule has 1 fully saturated rings. The molecule has 2 aliphatic rings. The Bertz CT molecular complexity index is 454. The predicted molar refractivity (Wildman–Crippen MR) is 88.6 cm³/mol. The maximum absolute atomic E-state index is 3.77. The van der Waals surface area contributed by atoms with Gasteiger partial charge in [0, 0.05) is 23.2 Å². The first-order chi connectivity index (χ1) is 9.70. The summed E-state index contributed by atoms with van der Waals surface area (Å²) in [5.74, 6) is 2.04. The lowest BCUT2D eigenvalue weighted by atomic mass is 9.76. The molecule has 1 N–H and O–H groups in total. The molecule has 0 saturated heterocycles. The van der Waals surface area contributed by atoms with E-state index in [1.807, 2.05) is 0 Å². The molecule has 110 valence electrons. The minimum Gasteiger partial charge on any atom is -0.313 e. The van der Waals surface area contributed by atoms with Crippen LogP contribution in [0.1, 0.15) is 57.4 Å². The van der Waals surface area contributed by atoms with Gasteiger partial charge in [-0.2, -0.15) is 0 Å². The van der Waals surface area contributed by atoms with Crippen molar-refractivity contribution in [1.29, 1.82) is 0 Å².